The van der Waals surface area contributed by atoms with Crippen LogP contribution >= 0.6 is 0 Å². The van der Waals surface area contributed by atoms with Gasteiger partial charge in [0.25, 0.3) is 11.6 Å². The summed E-state index contributed by atoms with van der Waals surface area (Å²) in [6, 6.07) is 6.60. The number of anilines is 1. The number of benzene rings is 1. The zero-order valence-corrected chi connectivity index (χ0v) is 15.3. The number of non-ortho nitro benzene ring substituents is 1. The van der Waals surface area contributed by atoms with E-state index in [9.17, 15) is 23.3 Å². The van der Waals surface area contributed by atoms with Crippen LogP contribution < -0.4 is 10.2 Å². The van der Waals surface area contributed by atoms with Gasteiger partial charge in [-0.3, -0.25) is 14.9 Å². The molecular formula is C16H18N4O5S. The highest BCUT2D eigenvalue weighted by atomic mass is 32.2. The van der Waals surface area contributed by atoms with Gasteiger partial charge in [0, 0.05) is 56.4 Å². The zero-order chi connectivity index (χ0) is 19.5. The van der Waals surface area contributed by atoms with Crippen LogP contribution in [0.1, 0.15) is 15.9 Å². The van der Waals surface area contributed by atoms with Crippen molar-refractivity contribution in [2.24, 2.45) is 0 Å². The molecule has 0 bridgehead atoms. The summed E-state index contributed by atoms with van der Waals surface area (Å²) < 4.78 is 23.4. The van der Waals surface area contributed by atoms with E-state index in [2.05, 4.69) is 10.3 Å². The molecule has 26 heavy (non-hydrogen) atoms. The second kappa shape index (κ2) is 7.48. The minimum absolute atomic E-state index is 0.102. The highest BCUT2D eigenvalue weighted by Crippen LogP contribution is 2.21. The Morgan fingerprint density at radius 2 is 2.00 bits per heavy atom. The van der Waals surface area contributed by atoms with Gasteiger partial charge in [-0.1, -0.05) is 6.07 Å². The lowest BCUT2D eigenvalue weighted by Crippen LogP contribution is -2.25. The number of hydrogen-bond donors (Lipinski definition) is 1. The van der Waals surface area contributed by atoms with Crippen molar-refractivity contribution in [3.05, 3.63) is 57.8 Å². The highest BCUT2D eigenvalue weighted by molar-refractivity contribution is 7.90. The van der Waals surface area contributed by atoms with E-state index in [0.29, 0.717) is 5.82 Å². The van der Waals surface area contributed by atoms with E-state index in [1.807, 2.05) is 14.1 Å². The lowest BCUT2D eigenvalue weighted by molar-refractivity contribution is -0.385. The van der Waals surface area contributed by atoms with Gasteiger partial charge in [0.05, 0.1) is 9.82 Å². The summed E-state index contributed by atoms with van der Waals surface area (Å²) in [7, 11) is -0.0768. The predicted octanol–water partition coefficient (Wildman–Crippen LogP) is 1.39. The molecule has 0 aliphatic carbocycles. The van der Waals surface area contributed by atoms with Crippen LogP contribution in [0.5, 0.6) is 0 Å². The first-order chi connectivity index (χ1) is 12.1. The molecule has 0 aliphatic heterocycles. The maximum atomic E-state index is 12.4. The maximum absolute atomic E-state index is 12.4. The minimum Gasteiger partial charge on any atom is -0.362 e. The van der Waals surface area contributed by atoms with Crippen molar-refractivity contribution in [1.82, 2.24) is 10.3 Å². The lowest BCUT2D eigenvalue weighted by atomic mass is 10.1. The van der Waals surface area contributed by atoms with E-state index < -0.39 is 26.4 Å². The Balaban J connectivity index is 2.30. The van der Waals surface area contributed by atoms with Crippen molar-refractivity contribution in [3.8, 4) is 0 Å². The Bertz CT molecular complexity index is 957. The Labute approximate surface area is 150 Å². The Kier molecular flexibility index (Phi) is 5.56. The first-order valence-electron chi connectivity index (χ1n) is 7.48. The fourth-order valence-corrected chi connectivity index (χ4v) is 2.96. The van der Waals surface area contributed by atoms with Gasteiger partial charge in [-0.15, -0.1) is 0 Å². The van der Waals surface area contributed by atoms with Crippen molar-refractivity contribution >= 4 is 27.2 Å². The third kappa shape index (κ3) is 4.54. The second-order valence-corrected chi connectivity index (χ2v) is 7.82. The molecule has 0 saturated heterocycles. The van der Waals surface area contributed by atoms with E-state index in [4.69, 9.17) is 0 Å². The lowest BCUT2D eigenvalue weighted by Gasteiger charge is -2.16. The maximum Gasteiger partial charge on any atom is 0.271 e. The molecule has 2 rings (SSSR count). The highest BCUT2D eigenvalue weighted by Gasteiger charge is 2.19. The molecule has 2 aromatic rings. The summed E-state index contributed by atoms with van der Waals surface area (Å²) in [6.45, 7) is 0.136. The van der Waals surface area contributed by atoms with Crippen LogP contribution in [-0.4, -0.2) is 44.6 Å². The number of sulfone groups is 1. The molecule has 0 fully saturated rings. The van der Waals surface area contributed by atoms with Crippen LogP contribution in [0, 0.1) is 10.1 Å². The summed E-state index contributed by atoms with van der Waals surface area (Å²) in [6.07, 6.45) is 2.55. The van der Waals surface area contributed by atoms with Crippen molar-refractivity contribution in [2.75, 3.05) is 25.3 Å². The molecule has 0 unspecified atom stereocenters. The Morgan fingerprint density at radius 1 is 1.31 bits per heavy atom. The fourth-order valence-electron chi connectivity index (χ4n) is 2.28. The quantitative estimate of drug-likeness (QED) is 0.595. The van der Waals surface area contributed by atoms with Crippen LogP contribution in [0.4, 0.5) is 11.5 Å². The van der Waals surface area contributed by atoms with Gasteiger partial charge < -0.3 is 10.2 Å². The summed E-state index contributed by atoms with van der Waals surface area (Å²) in [5.41, 5.74) is 0.183. The molecule has 1 aromatic heterocycles. The van der Waals surface area contributed by atoms with Gasteiger partial charge in [-0.25, -0.2) is 13.4 Å². The summed E-state index contributed by atoms with van der Waals surface area (Å²) >= 11 is 0. The number of hydrogen-bond acceptors (Lipinski definition) is 7. The monoisotopic (exact) mass is 378 g/mol. The van der Waals surface area contributed by atoms with E-state index in [1.54, 1.807) is 23.2 Å². The number of rotatable bonds is 6. The number of nitrogens with one attached hydrogen (secondary N) is 1. The second-order valence-electron chi connectivity index (χ2n) is 5.81. The largest absolute Gasteiger partial charge is 0.362 e. The molecule has 1 heterocycles. The van der Waals surface area contributed by atoms with E-state index in [1.165, 1.54) is 0 Å². The van der Waals surface area contributed by atoms with E-state index >= 15 is 0 Å². The van der Waals surface area contributed by atoms with E-state index in [0.717, 1.165) is 30.0 Å². The number of carbonyl (C=O) groups excluding carboxylic acids is 1. The number of carbonyl (C=O) groups is 1. The number of nitrogens with zero attached hydrogens (tertiary/aromatic N) is 3. The van der Waals surface area contributed by atoms with Crippen molar-refractivity contribution in [1.29, 1.82) is 0 Å². The van der Waals surface area contributed by atoms with Crippen molar-refractivity contribution in [2.45, 2.75) is 11.4 Å². The fraction of sp³-hybridized carbons (Fsp3) is 0.250. The van der Waals surface area contributed by atoms with Crippen molar-refractivity contribution < 1.29 is 18.1 Å². The molecule has 10 heteroatoms. The molecule has 0 aliphatic rings. The van der Waals surface area contributed by atoms with Gasteiger partial charge in [0.1, 0.15) is 5.82 Å². The minimum atomic E-state index is -3.70. The van der Waals surface area contributed by atoms with Gasteiger partial charge in [0.2, 0.25) is 0 Å². The number of nitro benzene ring substituents is 1. The number of amides is 1. The third-order valence-corrected chi connectivity index (χ3v) is 4.61. The summed E-state index contributed by atoms with van der Waals surface area (Å²) in [4.78, 5) is 28.4. The topological polar surface area (TPSA) is 123 Å². The molecule has 0 atom stereocenters. The first-order valence-corrected chi connectivity index (χ1v) is 9.37. The number of aromatic nitrogens is 1. The first kappa shape index (κ1) is 19.3. The molecular weight excluding hydrogens is 360 g/mol. The molecule has 1 N–H and O–H groups in total. The van der Waals surface area contributed by atoms with E-state index in [-0.39, 0.29) is 17.0 Å². The third-order valence-electron chi connectivity index (χ3n) is 3.52. The normalized spacial score (nSPS) is 11.0. The number of nitro groups is 1. The SMILES string of the molecule is CN(C)c1ncccc1CNC(=O)c1cc([N+](=O)[O-])cc(S(C)(=O)=O)c1. The molecule has 1 amide bonds. The van der Waals surface area contributed by atoms with Gasteiger partial charge in [-0.2, -0.15) is 0 Å². The molecule has 9 nitrogen and oxygen atoms in total. The summed E-state index contributed by atoms with van der Waals surface area (Å²) in [5, 5.41) is 13.7. The molecule has 138 valence electrons. The smallest absolute Gasteiger partial charge is 0.271 e. The molecule has 1 aromatic carbocycles. The summed E-state index contributed by atoms with van der Waals surface area (Å²) in [5.74, 6) is 0.0517. The zero-order valence-electron chi connectivity index (χ0n) is 14.5. The van der Waals surface area contributed by atoms with Crippen LogP contribution in [0.25, 0.3) is 0 Å². The van der Waals surface area contributed by atoms with Gasteiger partial charge in [0.15, 0.2) is 9.84 Å². The average molecular weight is 378 g/mol. The predicted molar refractivity (Wildman–Crippen MR) is 95.9 cm³/mol. The number of pyridine rings is 1. The average Bonchev–Trinajstić information content (AvgIpc) is 2.58. The van der Waals surface area contributed by atoms with Crippen molar-refractivity contribution in [3.63, 3.8) is 0 Å². The molecule has 0 saturated carbocycles. The van der Waals surface area contributed by atoms with Crippen LogP contribution in [-0.2, 0) is 16.4 Å². The molecule has 0 spiro atoms. The standard InChI is InChI=1S/C16H18N4O5S/c1-19(2)15-11(5-4-6-17-15)10-18-16(21)12-7-13(20(22)23)9-14(8-12)26(3,24)25/h4-9H,10H2,1-3H3,(H,18,21). The Hall–Kier alpha value is -3.01. The molecule has 0 radical (unpaired) electrons. The van der Waals surface area contributed by atoms with Crippen LogP contribution in [0.3, 0.4) is 0 Å². The van der Waals surface area contributed by atoms with Gasteiger partial charge in [-0.05, 0) is 12.1 Å². The van der Waals surface area contributed by atoms with Gasteiger partial charge >= 0.3 is 0 Å². The Morgan fingerprint density at radius 3 is 2.58 bits per heavy atom. The van der Waals surface area contributed by atoms with Crippen LogP contribution in [0.15, 0.2) is 41.4 Å². The van der Waals surface area contributed by atoms with Crippen LogP contribution in [0.2, 0.25) is 0 Å².